The summed E-state index contributed by atoms with van der Waals surface area (Å²) in [7, 11) is 0. The average molecular weight is 501 g/mol. The fraction of sp³-hybridized carbons (Fsp3) is 0.222. The van der Waals surface area contributed by atoms with Gasteiger partial charge < -0.3 is 4.74 Å². The minimum absolute atomic E-state index is 0.0914. The Bertz CT molecular complexity index is 1410. The van der Waals surface area contributed by atoms with E-state index < -0.39 is 40.8 Å². The van der Waals surface area contributed by atoms with Crippen molar-refractivity contribution in [2.75, 3.05) is 16.6 Å². The molecule has 0 N–H and O–H groups in total. The number of imide groups is 1. The van der Waals surface area contributed by atoms with Crippen LogP contribution in [0.1, 0.15) is 34.5 Å². The van der Waals surface area contributed by atoms with E-state index in [0.717, 1.165) is 10.5 Å². The van der Waals surface area contributed by atoms with Crippen LogP contribution < -0.4 is 9.96 Å². The zero-order chi connectivity index (χ0) is 26.3. The van der Waals surface area contributed by atoms with Gasteiger partial charge in [0.25, 0.3) is 11.6 Å². The summed E-state index contributed by atoms with van der Waals surface area (Å²) in [5.74, 6) is -2.74. The highest BCUT2D eigenvalue weighted by Crippen LogP contribution is 2.48. The molecule has 2 amide bonds. The standard InChI is InChI=1S/C27H23N3O7/c1-3-36-27(33)19-9-5-7-11-21(19)28-25(31)22-23(17-12-14-18(15-13-17)30(34)35)29(37-24(22)26(28)32)20-10-6-4-8-16(20)2/h4-15,22-24H,3H2,1-2H3. The number of benzene rings is 3. The van der Waals surface area contributed by atoms with Gasteiger partial charge in [0.15, 0.2) is 6.10 Å². The van der Waals surface area contributed by atoms with Crippen LogP contribution in [0.4, 0.5) is 17.1 Å². The van der Waals surface area contributed by atoms with Gasteiger partial charge in [-0.3, -0.25) is 24.5 Å². The van der Waals surface area contributed by atoms with Crippen molar-refractivity contribution in [2.24, 2.45) is 5.92 Å². The number of esters is 1. The maximum atomic E-state index is 13.9. The molecule has 3 aromatic rings. The molecule has 5 rings (SSSR count). The number of nitrogens with zero attached hydrogens (tertiary/aromatic N) is 3. The summed E-state index contributed by atoms with van der Waals surface area (Å²) < 4.78 is 5.12. The molecule has 10 nitrogen and oxygen atoms in total. The van der Waals surface area contributed by atoms with Crippen LogP contribution in [0, 0.1) is 23.0 Å². The third-order valence-electron chi connectivity index (χ3n) is 6.55. The molecule has 2 heterocycles. The van der Waals surface area contributed by atoms with E-state index in [-0.39, 0.29) is 23.5 Å². The highest BCUT2D eigenvalue weighted by Gasteiger charge is 2.60. The first-order valence-corrected chi connectivity index (χ1v) is 11.7. The monoisotopic (exact) mass is 501 g/mol. The molecule has 2 saturated heterocycles. The number of non-ortho nitro benzene ring substituents is 1. The number of ether oxygens (including phenoxy) is 1. The number of hydrogen-bond donors (Lipinski definition) is 0. The van der Waals surface area contributed by atoms with Crippen LogP contribution in [0.2, 0.25) is 0 Å². The summed E-state index contributed by atoms with van der Waals surface area (Å²) >= 11 is 0. The van der Waals surface area contributed by atoms with E-state index in [9.17, 15) is 24.5 Å². The van der Waals surface area contributed by atoms with E-state index in [1.54, 1.807) is 31.2 Å². The van der Waals surface area contributed by atoms with Gasteiger partial charge in [0.05, 0.1) is 34.5 Å². The highest BCUT2D eigenvalue weighted by molar-refractivity contribution is 6.25. The second-order valence-corrected chi connectivity index (χ2v) is 8.71. The number of hydrogen-bond acceptors (Lipinski definition) is 8. The predicted octanol–water partition coefficient (Wildman–Crippen LogP) is 4.13. The number of carbonyl (C=O) groups excluding carboxylic acids is 3. The van der Waals surface area contributed by atoms with Gasteiger partial charge in [0.2, 0.25) is 5.91 Å². The van der Waals surface area contributed by atoms with Crippen molar-refractivity contribution in [1.29, 1.82) is 0 Å². The van der Waals surface area contributed by atoms with Gasteiger partial charge in [-0.1, -0.05) is 42.5 Å². The van der Waals surface area contributed by atoms with Gasteiger partial charge in [0, 0.05) is 12.1 Å². The summed E-state index contributed by atoms with van der Waals surface area (Å²) in [6.45, 7) is 3.68. The van der Waals surface area contributed by atoms with Gasteiger partial charge in [-0.25, -0.2) is 14.8 Å². The molecule has 3 aromatic carbocycles. The second-order valence-electron chi connectivity index (χ2n) is 8.71. The molecule has 3 atom stereocenters. The van der Waals surface area contributed by atoms with Crippen LogP contribution >= 0.6 is 0 Å². The van der Waals surface area contributed by atoms with Crippen molar-refractivity contribution in [3.05, 3.63) is 99.6 Å². The number of fused-ring (bicyclic) bond motifs is 1. The van der Waals surface area contributed by atoms with Crippen molar-refractivity contribution >= 4 is 34.8 Å². The smallest absolute Gasteiger partial charge is 0.340 e. The van der Waals surface area contributed by atoms with Crippen LogP contribution in [0.15, 0.2) is 72.8 Å². The first kappa shape index (κ1) is 24.1. The maximum Gasteiger partial charge on any atom is 0.340 e. The minimum atomic E-state index is -1.15. The number of anilines is 2. The van der Waals surface area contributed by atoms with Crippen LogP contribution in [0.25, 0.3) is 0 Å². The third kappa shape index (κ3) is 4.01. The summed E-state index contributed by atoms with van der Waals surface area (Å²) in [5, 5.41) is 12.7. The molecule has 188 valence electrons. The van der Waals surface area contributed by atoms with Crippen molar-refractivity contribution in [3.63, 3.8) is 0 Å². The third-order valence-corrected chi connectivity index (χ3v) is 6.55. The molecule has 0 bridgehead atoms. The topological polar surface area (TPSA) is 119 Å². The van der Waals surface area contributed by atoms with Crippen molar-refractivity contribution < 1.29 is 28.9 Å². The molecule has 0 saturated carbocycles. The largest absolute Gasteiger partial charge is 0.462 e. The van der Waals surface area contributed by atoms with Gasteiger partial charge in [0.1, 0.15) is 5.92 Å². The Labute approximate surface area is 212 Å². The SMILES string of the molecule is CCOC(=O)c1ccccc1N1C(=O)C2ON(c3ccccc3C)C(c3ccc([N+](=O)[O-])cc3)C2C1=O. The van der Waals surface area contributed by atoms with Gasteiger partial charge in [-0.15, -0.1) is 0 Å². The predicted molar refractivity (Wildman–Crippen MR) is 133 cm³/mol. The number of carbonyl (C=O) groups is 3. The van der Waals surface area contributed by atoms with Crippen LogP contribution in [0.3, 0.4) is 0 Å². The molecule has 0 radical (unpaired) electrons. The maximum absolute atomic E-state index is 13.9. The quantitative estimate of drug-likeness (QED) is 0.214. The highest BCUT2D eigenvalue weighted by atomic mass is 16.7. The average Bonchev–Trinajstić information content (AvgIpc) is 3.40. The van der Waals surface area contributed by atoms with Crippen molar-refractivity contribution in [1.82, 2.24) is 0 Å². The normalized spacial score (nSPS) is 20.8. The van der Waals surface area contributed by atoms with E-state index in [4.69, 9.17) is 9.57 Å². The summed E-state index contributed by atoms with van der Waals surface area (Å²) in [4.78, 5) is 57.9. The fourth-order valence-corrected chi connectivity index (χ4v) is 4.85. The van der Waals surface area contributed by atoms with Crippen LogP contribution in [0.5, 0.6) is 0 Å². The van der Waals surface area contributed by atoms with Gasteiger partial charge in [-0.05, 0) is 43.2 Å². The lowest BCUT2D eigenvalue weighted by atomic mass is 9.90. The molecule has 2 aliphatic heterocycles. The lowest BCUT2D eigenvalue weighted by Crippen LogP contribution is -2.38. The van der Waals surface area contributed by atoms with Gasteiger partial charge in [-0.2, -0.15) is 0 Å². The lowest BCUT2D eigenvalue weighted by Gasteiger charge is -2.30. The second kappa shape index (κ2) is 9.47. The molecule has 0 aliphatic carbocycles. The minimum Gasteiger partial charge on any atom is -0.462 e. The Hall–Kier alpha value is -4.57. The number of para-hydroxylation sites is 2. The van der Waals surface area contributed by atoms with E-state index >= 15 is 0 Å². The molecule has 2 aliphatic rings. The zero-order valence-corrected chi connectivity index (χ0v) is 20.1. The number of rotatable bonds is 6. The van der Waals surface area contributed by atoms with Crippen LogP contribution in [-0.2, 0) is 19.2 Å². The molecular formula is C27H23N3O7. The Morgan fingerprint density at radius 2 is 1.62 bits per heavy atom. The Kier molecular flexibility index (Phi) is 6.18. The number of hydroxylamine groups is 1. The molecule has 2 fully saturated rings. The summed E-state index contributed by atoms with van der Waals surface area (Å²) in [5.41, 5.74) is 2.22. The fourth-order valence-electron chi connectivity index (χ4n) is 4.85. The van der Waals surface area contributed by atoms with E-state index in [1.165, 1.54) is 29.3 Å². The summed E-state index contributed by atoms with van der Waals surface area (Å²) in [6, 6.07) is 18.7. The number of nitro benzene ring substituents is 1. The van der Waals surface area contributed by atoms with E-state index in [1.807, 2.05) is 31.2 Å². The number of amides is 2. The molecule has 10 heteroatoms. The zero-order valence-electron chi connectivity index (χ0n) is 20.1. The van der Waals surface area contributed by atoms with Gasteiger partial charge >= 0.3 is 5.97 Å². The number of nitro groups is 1. The van der Waals surface area contributed by atoms with E-state index in [0.29, 0.717) is 11.3 Å². The first-order chi connectivity index (χ1) is 17.8. The van der Waals surface area contributed by atoms with Crippen molar-refractivity contribution in [3.8, 4) is 0 Å². The number of aryl methyl sites for hydroxylation is 1. The molecule has 3 unspecified atom stereocenters. The Balaban J connectivity index is 1.59. The Morgan fingerprint density at radius 1 is 0.973 bits per heavy atom. The Morgan fingerprint density at radius 3 is 2.27 bits per heavy atom. The molecular weight excluding hydrogens is 478 g/mol. The molecule has 37 heavy (non-hydrogen) atoms. The van der Waals surface area contributed by atoms with Crippen molar-refractivity contribution in [2.45, 2.75) is 26.0 Å². The summed E-state index contributed by atoms with van der Waals surface area (Å²) in [6.07, 6.45) is -1.15. The first-order valence-electron chi connectivity index (χ1n) is 11.7. The van der Waals surface area contributed by atoms with E-state index in [2.05, 4.69) is 0 Å². The van der Waals surface area contributed by atoms with Crippen LogP contribution in [-0.4, -0.2) is 35.4 Å². The molecule has 0 aromatic heterocycles. The lowest BCUT2D eigenvalue weighted by molar-refractivity contribution is -0.384. The molecule has 0 spiro atoms.